The molecule has 3 N–H and O–H groups in total. The zero-order valence-electron chi connectivity index (χ0n) is 15.1. The van der Waals surface area contributed by atoms with Crippen molar-refractivity contribution in [2.24, 2.45) is 5.73 Å². The standard InChI is InChI=1S/C17H23N5O2S.2ClH/c1-12-10-22(6-7-24-12)15-3-2-13(8-19-15)9-20-17(23)14-11-25-16(21-14)4-5-18;;/h2-3,8,11-12H,4-7,9-10,18H2,1H3,(H,20,23);2*1H. The smallest absolute Gasteiger partial charge is 0.271 e. The van der Waals surface area contributed by atoms with E-state index in [4.69, 9.17) is 10.5 Å². The summed E-state index contributed by atoms with van der Waals surface area (Å²) in [5.74, 6) is 0.766. The minimum atomic E-state index is -0.175. The van der Waals surface area contributed by atoms with Gasteiger partial charge in [-0.15, -0.1) is 36.2 Å². The highest BCUT2D eigenvalue weighted by Crippen LogP contribution is 2.15. The molecule has 27 heavy (non-hydrogen) atoms. The minimum Gasteiger partial charge on any atom is -0.375 e. The van der Waals surface area contributed by atoms with E-state index in [-0.39, 0.29) is 36.8 Å². The number of carbonyl (C=O) groups excluding carboxylic acids is 1. The summed E-state index contributed by atoms with van der Waals surface area (Å²) in [5.41, 5.74) is 6.90. The number of hydrogen-bond donors (Lipinski definition) is 2. The van der Waals surface area contributed by atoms with Crippen LogP contribution in [0.5, 0.6) is 0 Å². The third-order valence-electron chi connectivity index (χ3n) is 3.97. The number of nitrogens with zero attached hydrogens (tertiary/aromatic N) is 3. The summed E-state index contributed by atoms with van der Waals surface area (Å²) in [6, 6.07) is 3.98. The highest BCUT2D eigenvalue weighted by atomic mass is 35.5. The Balaban J connectivity index is 0.00000182. The Morgan fingerprint density at radius 3 is 2.93 bits per heavy atom. The van der Waals surface area contributed by atoms with Gasteiger partial charge in [0.25, 0.3) is 5.91 Å². The van der Waals surface area contributed by atoms with Crippen molar-refractivity contribution in [1.29, 1.82) is 0 Å². The number of thiazole rings is 1. The molecule has 3 heterocycles. The maximum absolute atomic E-state index is 12.1. The highest BCUT2D eigenvalue weighted by Gasteiger charge is 2.17. The Bertz CT molecular complexity index is 714. The van der Waals surface area contributed by atoms with Crippen LogP contribution in [0.25, 0.3) is 0 Å². The van der Waals surface area contributed by atoms with E-state index in [1.54, 1.807) is 11.6 Å². The molecular weight excluding hydrogens is 409 g/mol. The van der Waals surface area contributed by atoms with E-state index < -0.39 is 0 Å². The van der Waals surface area contributed by atoms with Gasteiger partial charge in [-0.3, -0.25) is 4.79 Å². The first-order valence-electron chi connectivity index (χ1n) is 8.40. The van der Waals surface area contributed by atoms with E-state index in [9.17, 15) is 4.79 Å². The van der Waals surface area contributed by atoms with E-state index in [2.05, 4.69) is 27.1 Å². The number of aromatic nitrogens is 2. The van der Waals surface area contributed by atoms with Crippen molar-refractivity contribution < 1.29 is 9.53 Å². The molecule has 0 saturated carbocycles. The van der Waals surface area contributed by atoms with E-state index in [0.29, 0.717) is 25.2 Å². The maximum atomic E-state index is 12.1. The van der Waals surface area contributed by atoms with Gasteiger partial charge in [0.05, 0.1) is 17.7 Å². The molecule has 1 atom stereocenters. The van der Waals surface area contributed by atoms with Crippen LogP contribution in [0.1, 0.15) is 28.0 Å². The predicted molar refractivity (Wildman–Crippen MR) is 112 cm³/mol. The molecule has 0 aliphatic carbocycles. The summed E-state index contributed by atoms with van der Waals surface area (Å²) in [5, 5.41) is 5.53. The Morgan fingerprint density at radius 1 is 1.44 bits per heavy atom. The lowest BCUT2D eigenvalue weighted by Gasteiger charge is -2.32. The number of anilines is 1. The number of morpholine rings is 1. The second-order valence-electron chi connectivity index (χ2n) is 6.00. The lowest BCUT2D eigenvalue weighted by atomic mass is 10.2. The van der Waals surface area contributed by atoms with Crippen molar-refractivity contribution in [2.75, 3.05) is 31.1 Å². The molecule has 10 heteroatoms. The number of halogens is 2. The SMILES string of the molecule is CC1CN(c2ccc(CNC(=O)c3csc(CCN)n3)cn2)CCO1.Cl.Cl. The molecule has 0 aromatic carbocycles. The zero-order chi connectivity index (χ0) is 17.6. The minimum absolute atomic E-state index is 0. The van der Waals surface area contributed by atoms with Gasteiger partial charge in [-0.05, 0) is 25.1 Å². The zero-order valence-corrected chi connectivity index (χ0v) is 17.5. The van der Waals surface area contributed by atoms with Crippen LogP contribution in [0.4, 0.5) is 5.82 Å². The average molecular weight is 434 g/mol. The summed E-state index contributed by atoms with van der Waals surface area (Å²) in [6.07, 6.45) is 2.72. The van der Waals surface area contributed by atoms with Gasteiger partial charge in [0.1, 0.15) is 11.5 Å². The molecule has 0 spiro atoms. The van der Waals surface area contributed by atoms with E-state index in [1.807, 2.05) is 12.1 Å². The van der Waals surface area contributed by atoms with Crippen LogP contribution < -0.4 is 16.0 Å². The molecule has 0 bridgehead atoms. The van der Waals surface area contributed by atoms with Crippen molar-refractivity contribution in [3.63, 3.8) is 0 Å². The van der Waals surface area contributed by atoms with Crippen LogP contribution in [0, 0.1) is 0 Å². The Kier molecular flexibility index (Phi) is 9.97. The first kappa shape index (κ1) is 23.6. The molecule has 150 valence electrons. The van der Waals surface area contributed by atoms with Crippen molar-refractivity contribution in [3.8, 4) is 0 Å². The topological polar surface area (TPSA) is 93.4 Å². The van der Waals surface area contributed by atoms with Crippen molar-refractivity contribution in [2.45, 2.75) is 26.0 Å². The molecule has 2 aromatic rings. The molecule has 1 amide bonds. The fourth-order valence-corrected chi connectivity index (χ4v) is 3.46. The van der Waals surface area contributed by atoms with Gasteiger partial charge in [0.15, 0.2) is 0 Å². The molecule has 1 fully saturated rings. The summed E-state index contributed by atoms with van der Waals surface area (Å²) >= 11 is 1.46. The number of amides is 1. The second-order valence-corrected chi connectivity index (χ2v) is 6.94. The third-order valence-corrected chi connectivity index (χ3v) is 4.88. The number of rotatable bonds is 6. The highest BCUT2D eigenvalue weighted by molar-refractivity contribution is 7.09. The van der Waals surface area contributed by atoms with E-state index in [0.717, 1.165) is 36.1 Å². The third kappa shape index (κ3) is 6.58. The average Bonchev–Trinajstić information content (AvgIpc) is 3.09. The van der Waals surface area contributed by atoms with Gasteiger partial charge in [-0.2, -0.15) is 0 Å². The molecule has 1 aliphatic heterocycles. The Morgan fingerprint density at radius 2 is 2.26 bits per heavy atom. The van der Waals surface area contributed by atoms with E-state index in [1.165, 1.54) is 11.3 Å². The Labute approximate surface area is 175 Å². The lowest BCUT2D eigenvalue weighted by molar-refractivity contribution is 0.0529. The van der Waals surface area contributed by atoms with Crippen LogP contribution in [0.2, 0.25) is 0 Å². The van der Waals surface area contributed by atoms with Crippen LogP contribution in [0.15, 0.2) is 23.7 Å². The summed E-state index contributed by atoms with van der Waals surface area (Å²) in [4.78, 5) is 23.2. The molecular formula is C17H25Cl2N5O2S. The summed E-state index contributed by atoms with van der Waals surface area (Å²) in [6.45, 7) is 5.44. The molecule has 2 aromatic heterocycles. The lowest BCUT2D eigenvalue weighted by Crippen LogP contribution is -2.41. The second kappa shape index (κ2) is 11.4. The van der Waals surface area contributed by atoms with Crippen LogP contribution >= 0.6 is 36.2 Å². The van der Waals surface area contributed by atoms with Crippen molar-refractivity contribution >= 4 is 47.9 Å². The largest absolute Gasteiger partial charge is 0.375 e. The van der Waals surface area contributed by atoms with Crippen LogP contribution in [-0.4, -0.2) is 48.2 Å². The first-order chi connectivity index (χ1) is 12.2. The number of nitrogens with two attached hydrogens (primary N) is 1. The number of hydrogen-bond acceptors (Lipinski definition) is 7. The van der Waals surface area contributed by atoms with Crippen molar-refractivity contribution in [1.82, 2.24) is 15.3 Å². The van der Waals surface area contributed by atoms with Gasteiger partial charge < -0.3 is 20.7 Å². The van der Waals surface area contributed by atoms with Gasteiger partial charge in [-0.1, -0.05) is 6.07 Å². The van der Waals surface area contributed by atoms with Crippen LogP contribution in [0.3, 0.4) is 0 Å². The molecule has 1 unspecified atom stereocenters. The summed E-state index contributed by atoms with van der Waals surface area (Å²) < 4.78 is 5.55. The number of nitrogens with one attached hydrogen (secondary N) is 1. The maximum Gasteiger partial charge on any atom is 0.271 e. The summed E-state index contributed by atoms with van der Waals surface area (Å²) in [7, 11) is 0. The monoisotopic (exact) mass is 433 g/mol. The predicted octanol–water partition coefficient (Wildman–Crippen LogP) is 2.04. The number of ether oxygens (including phenoxy) is 1. The normalized spacial score (nSPS) is 16.2. The van der Waals surface area contributed by atoms with Crippen LogP contribution in [-0.2, 0) is 17.7 Å². The molecule has 7 nitrogen and oxygen atoms in total. The van der Waals surface area contributed by atoms with Gasteiger partial charge >= 0.3 is 0 Å². The number of pyridine rings is 1. The fourth-order valence-electron chi connectivity index (χ4n) is 2.66. The molecule has 1 aliphatic rings. The number of carbonyl (C=O) groups is 1. The quantitative estimate of drug-likeness (QED) is 0.723. The Hall–Kier alpha value is -1.45. The van der Waals surface area contributed by atoms with Gasteiger partial charge in [0, 0.05) is 37.6 Å². The van der Waals surface area contributed by atoms with Crippen molar-refractivity contribution in [3.05, 3.63) is 40.0 Å². The molecule has 0 radical (unpaired) electrons. The molecule has 3 rings (SSSR count). The van der Waals surface area contributed by atoms with Gasteiger partial charge in [0.2, 0.25) is 0 Å². The van der Waals surface area contributed by atoms with E-state index >= 15 is 0 Å². The fraction of sp³-hybridized carbons (Fsp3) is 0.471. The first-order valence-corrected chi connectivity index (χ1v) is 9.28. The molecule has 1 saturated heterocycles. The van der Waals surface area contributed by atoms with Gasteiger partial charge in [-0.25, -0.2) is 9.97 Å².